The molecule has 3 aromatic carbocycles. The minimum absolute atomic E-state index is 0.211. The molecule has 0 bridgehead atoms. The van der Waals surface area contributed by atoms with Gasteiger partial charge in [-0.05, 0) is 90.8 Å². The lowest BCUT2D eigenvalue weighted by atomic mass is 10.1. The summed E-state index contributed by atoms with van der Waals surface area (Å²) in [6.07, 6.45) is 3.82. The Morgan fingerprint density at radius 3 is 2.54 bits per heavy atom. The van der Waals surface area contributed by atoms with Crippen LogP contribution in [0.15, 0.2) is 76.2 Å². The molecular weight excluding hydrogens is 572 g/mol. The third-order valence-electron chi connectivity index (χ3n) is 6.37. The Hall–Kier alpha value is -3.00. The summed E-state index contributed by atoms with van der Waals surface area (Å²) < 4.78 is 9.06. The number of benzene rings is 3. The van der Waals surface area contributed by atoms with Crippen molar-refractivity contribution in [3.63, 3.8) is 0 Å². The zero-order valence-corrected chi connectivity index (χ0v) is 23.5. The van der Waals surface area contributed by atoms with Crippen LogP contribution >= 0.6 is 39.3 Å². The van der Waals surface area contributed by atoms with E-state index in [1.165, 1.54) is 16.0 Å². The standard InChI is InChI=1S/C29H24BrClN2O3S/c1-18-3-9-24(13-19(18)2)36-12-11-32-17-21(25-15-22(30)6-10-26(25)32)14-27-28(34)33(29(35)37-27)16-20-4-7-23(31)8-5-20/h3-10,13-15,17H,11-12,16H2,1-2H3/b27-14-. The average molecular weight is 596 g/mol. The second kappa shape index (κ2) is 10.8. The van der Waals surface area contributed by atoms with Gasteiger partial charge in [0.05, 0.1) is 18.0 Å². The van der Waals surface area contributed by atoms with Crippen molar-refractivity contribution in [3.8, 4) is 5.75 Å². The fraction of sp³-hybridized carbons (Fsp3) is 0.172. The summed E-state index contributed by atoms with van der Waals surface area (Å²) in [5.41, 5.74) is 5.17. The normalized spacial score (nSPS) is 14.8. The van der Waals surface area contributed by atoms with Crippen molar-refractivity contribution in [2.24, 2.45) is 0 Å². The summed E-state index contributed by atoms with van der Waals surface area (Å²) in [5.74, 6) is 0.552. The van der Waals surface area contributed by atoms with E-state index in [4.69, 9.17) is 16.3 Å². The molecule has 1 aliphatic rings. The second-order valence-corrected chi connectivity index (χ2v) is 11.3. The fourth-order valence-corrected chi connectivity index (χ4v) is 5.53. The molecule has 5 rings (SSSR count). The number of hydrogen-bond acceptors (Lipinski definition) is 4. The van der Waals surface area contributed by atoms with E-state index in [2.05, 4.69) is 40.4 Å². The van der Waals surface area contributed by atoms with Crippen molar-refractivity contribution >= 4 is 67.4 Å². The van der Waals surface area contributed by atoms with Gasteiger partial charge in [-0.2, -0.15) is 0 Å². The first-order valence-electron chi connectivity index (χ1n) is 11.8. The van der Waals surface area contributed by atoms with Crippen molar-refractivity contribution in [2.75, 3.05) is 6.61 Å². The first kappa shape index (κ1) is 25.6. The highest BCUT2D eigenvalue weighted by molar-refractivity contribution is 9.10. The Labute approximate surface area is 233 Å². The van der Waals surface area contributed by atoms with Gasteiger partial charge in [0, 0.05) is 32.2 Å². The smallest absolute Gasteiger partial charge is 0.293 e. The van der Waals surface area contributed by atoms with Crippen molar-refractivity contribution in [2.45, 2.75) is 26.9 Å². The minimum Gasteiger partial charge on any atom is -0.492 e. The predicted octanol–water partition coefficient (Wildman–Crippen LogP) is 7.99. The van der Waals surface area contributed by atoms with E-state index < -0.39 is 0 Å². The van der Waals surface area contributed by atoms with Gasteiger partial charge < -0.3 is 9.30 Å². The number of thioether (sulfide) groups is 1. The first-order chi connectivity index (χ1) is 17.8. The van der Waals surface area contributed by atoms with E-state index >= 15 is 0 Å². The molecule has 5 nitrogen and oxygen atoms in total. The first-order valence-corrected chi connectivity index (χ1v) is 13.8. The predicted molar refractivity (Wildman–Crippen MR) is 154 cm³/mol. The summed E-state index contributed by atoms with van der Waals surface area (Å²) >= 11 is 10.5. The van der Waals surface area contributed by atoms with E-state index in [9.17, 15) is 9.59 Å². The van der Waals surface area contributed by atoms with Gasteiger partial charge in [-0.25, -0.2) is 0 Å². The topological polar surface area (TPSA) is 51.5 Å². The van der Waals surface area contributed by atoms with Crippen LogP contribution in [0.1, 0.15) is 22.3 Å². The number of carbonyl (C=O) groups excluding carboxylic acids is 2. The summed E-state index contributed by atoms with van der Waals surface area (Å²) in [6, 6.07) is 19.3. The van der Waals surface area contributed by atoms with Crippen molar-refractivity contribution in [1.29, 1.82) is 0 Å². The third kappa shape index (κ3) is 5.64. The molecule has 1 aliphatic heterocycles. The third-order valence-corrected chi connectivity index (χ3v) is 8.02. The lowest BCUT2D eigenvalue weighted by Crippen LogP contribution is -2.27. The quantitative estimate of drug-likeness (QED) is 0.203. The number of amides is 2. The molecule has 2 heterocycles. The van der Waals surface area contributed by atoms with Crippen LogP contribution in [0.25, 0.3) is 17.0 Å². The van der Waals surface area contributed by atoms with E-state index in [0.717, 1.165) is 44.0 Å². The fourth-order valence-electron chi connectivity index (χ4n) is 4.21. The molecule has 1 aromatic heterocycles. The maximum atomic E-state index is 13.1. The van der Waals surface area contributed by atoms with Gasteiger partial charge in [-0.1, -0.05) is 45.7 Å². The highest BCUT2D eigenvalue weighted by Crippen LogP contribution is 2.35. The molecule has 0 atom stereocenters. The van der Waals surface area contributed by atoms with Gasteiger partial charge in [0.15, 0.2) is 0 Å². The number of fused-ring (bicyclic) bond motifs is 1. The van der Waals surface area contributed by atoms with Crippen LogP contribution in [0, 0.1) is 13.8 Å². The Morgan fingerprint density at radius 1 is 1.00 bits per heavy atom. The number of nitrogens with zero attached hydrogens (tertiary/aromatic N) is 2. The lowest BCUT2D eigenvalue weighted by molar-refractivity contribution is -0.123. The van der Waals surface area contributed by atoms with Crippen LogP contribution in [0.4, 0.5) is 4.79 Å². The highest BCUT2D eigenvalue weighted by atomic mass is 79.9. The molecule has 0 aliphatic carbocycles. The number of hydrogen-bond donors (Lipinski definition) is 0. The lowest BCUT2D eigenvalue weighted by Gasteiger charge is -2.12. The van der Waals surface area contributed by atoms with Gasteiger partial charge in [0.25, 0.3) is 11.1 Å². The highest BCUT2D eigenvalue weighted by Gasteiger charge is 2.35. The van der Waals surface area contributed by atoms with Crippen molar-refractivity contribution in [3.05, 3.63) is 104 Å². The van der Waals surface area contributed by atoms with E-state index in [1.807, 2.05) is 54.7 Å². The summed E-state index contributed by atoms with van der Waals surface area (Å²) in [4.78, 5) is 27.5. The number of aryl methyl sites for hydroxylation is 2. The molecule has 0 radical (unpaired) electrons. The largest absolute Gasteiger partial charge is 0.492 e. The van der Waals surface area contributed by atoms with E-state index in [0.29, 0.717) is 23.1 Å². The molecule has 1 saturated heterocycles. The van der Waals surface area contributed by atoms with Gasteiger partial charge in [-0.15, -0.1) is 0 Å². The zero-order valence-electron chi connectivity index (χ0n) is 20.3. The molecule has 0 unspecified atom stereocenters. The zero-order chi connectivity index (χ0) is 26.1. The van der Waals surface area contributed by atoms with Crippen LogP contribution in [-0.4, -0.2) is 27.2 Å². The average Bonchev–Trinajstić information content (AvgIpc) is 3.34. The molecule has 8 heteroatoms. The van der Waals surface area contributed by atoms with Crippen LogP contribution in [0.2, 0.25) is 5.02 Å². The summed E-state index contributed by atoms with van der Waals surface area (Å²) in [5, 5.41) is 1.32. The number of carbonyl (C=O) groups is 2. The van der Waals surface area contributed by atoms with Crippen LogP contribution in [0.5, 0.6) is 5.75 Å². The Balaban J connectivity index is 1.37. The molecule has 2 amide bonds. The number of imide groups is 1. The van der Waals surface area contributed by atoms with Gasteiger partial charge >= 0.3 is 0 Å². The Morgan fingerprint density at radius 2 is 1.78 bits per heavy atom. The molecule has 1 fully saturated rings. The number of aromatic nitrogens is 1. The minimum atomic E-state index is -0.293. The van der Waals surface area contributed by atoms with Gasteiger partial charge in [0.2, 0.25) is 0 Å². The molecule has 188 valence electrons. The summed E-state index contributed by atoms with van der Waals surface area (Å²) in [6.45, 7) is 5.50. The van der Waals surface area contributed by atoms with Crippen LogP contribution < -0.4 is 4.74 Å². The SMILES string of the molecule is Cc1ccc(OCCn2cc(/C=C3\SC(=O)N(Cc4ccc(Cl)cc4)C3=O)c3cc(Br)ccc32)cc1C. The van der Waals surface area contributed by atoms with Crippen molar-refractivity contribution in [1.82, 2.24) is 9.47 Å². The Kier molecular flexibility index (Phi) is 7.47. The van der Waals surface area contributed by atoms with E-state index in [1.54, 1.807) is 12.1 Å². The van der Waals surface area contributed by atoms with Crippen molar-refractivity contribution < 1.29 is 14.3 Å². The van der Waals surface area contributed by atoms with Gasteiger partial charge in [-0.3, -0.25) is 14.5 Å². The van der Waals surface area contributed by atoms with Crippen LogP contribution in [0.3, 0.4) is 0 Å². The number of rotatable bonds is 7. The molecule has 0 saturated carbocycles. The molecule has 37 heavy (non-hydrogen) atoms. The molecule has 0 N–H and O–H groups in total. The van der Waals surface area contributed by atoms with Crippen LogP contribution in [-0.2, 0) is 17.9 Å². The molecule has 4 aromatic rings. The molecular formula is C29H24BrClN2O3S. The maximum Gasteiger partial charge on any atom is 0.293 e. The second-order valence-electron chi connectivity index (χ2n) is 8.93. The summed E-state index contributed by atoms with van der Waals surface area (Å²) in [7, 11) is 0. The monoisotopic (exact) mass is 594 g/mol. The van der Waals surface area contributed by atoms with E-state index in [-0.39, 0.29) is 17.7 Å². The number of ether oxygens (including phenoxy) is 1. The molecule has 0 spiro atoms. The Bertz CT molecular complexity index is 1550. The maximum absolute atomic E-state index is 13.1. The number of halogens is 2. The van der Waals surface area contributed by atoms with Gasteiger partial charge in [0.1, 0.15) is 12.4 Å².